The maximum absolute atomic E-state index is 6.20. The molecule has 9 heteroatoms. The largest absolute Gasteiger partial charge is 0.329 e. The van der Waals surface area contributed by atoms with Crippen LogP contribution in [0.15, 0.2) is 55.0 Å². The van der Waals surface area contributed by atoms with Gasteiger partial charge in [0.25, 0.3) is 0 Å². The van der Waals surface area contributed by atoms with E-state index in [2.05, 4.69) is 66.8 Å². The van der Waals surface area contributed by atoms with Crippen molar-refractivity contribution in [2.45, 2.75) is 38.1 Å². The molecule has 1 saturated carbocycles. The molecule has 0 saturated heterocycles. The standard InChI is InChI=1S/C27H34ClN7S/c1-36-35-15-11-25(33-35)24-19-34(26-23(24)18-31-27(28)32-26)22-9-8-21(16-22)17-30-13-5-12-29-14-10-20-6-3-2-4-7-20/h2-4,6-7,11,15,18-19,21-22,29-30H,5,8-10,12-14,16-17H2,1H3/t21-,22+/m1/s1. The maximum Gasteiger partial charge on any atom is 0.224 e. The van der Waals surface area contributed by atoms with Crippen molar-refractivity contribution in [3.05, 3.63) is 65.8 Å². The topological polar surface area (TPSA) is 72.6 Å². The third-order valence-corrected chi connectivity index (χ3v) is 7.81. The number of nitrogens with one attached hydrogen (secondary N) is 2. The van der Waals surface area contributed by atoms with Gasteiger partial charge in [-0.1, -0.05) is 30.3 Å². The number of halogens is 1. The molecule has 3 heterocycles. The van der Waals surface area contributed by atoms with Crippen LogP contribution in [0.1, 0.15) is 37.3 Å². The SMILES string of the molecule is CSn1ccc(-c2cn([C@H]3CC[C@@H](CNCCCNCCc4ccccc4)C3)c3nc(Cl)ncc23)n1. The molecular weight excluding hydrogens is 490 g/mol. The van der Waals surface area contributed by atoms with Gasteiger partial charge in [0, 0.05) is 41.8 Å². The summed E-state index contributed by atoms with van der Waals surface area (Å²) in [7, 11) is 0. The highest BCUT2D eigenvalue weighted by atomic mass is 35.5. The van der Waals surface area contributed by atoms with Crippen molar-refractivity contribution in [1.82, 2.24) is 34.4 Å². The molecule has 190 valence electrons. The van der Waals surface area contributed by atoms with Gasteiger partial charge >= 0.3 is 0 Å². The van der Waals surface area contributed by atoms with E-state index in [0.717, 1.165) is 74.2 Å². The van der Waals surface area contributed by atoms with Crippen LogP contribution in [0.3, 0.4) is 0 Å². The Balaban J connectivity index is 1.11. The average molecular weight is 524 g/mol. The first-order valence-corrected chi connectivity index (χ1v) is 14.4. The summed E-state index contributed by atoms with van der Waals surface area (Å²) in [5.41, 5.74) is 4.30. The van der Waals surface area contributed by atoms with Gasteiger partial charge < -0.3 is 15.2 Å². The molecule has 1 fully saturated rings. The Bertz CT molecular complexity index is 1260. The molecule has 0 spiro atoms. The third kappa shape index (κ3) is 6.11. The van der Waals surface area contributed by atoms with Gasteiger partial charge in [0.1, 0.15) is 5.65 Å². The summed E-state index contributed by atoms with van der Waals surface area (Å²) in [5.74, 6) is 0.676. The number of aromatic nitrogens is 5. The van der Waals surface area contributed by atoms with E-state index in [0.29, 0.717) is 12.0 Å². The van der Waals surface area contributed by atoms with Gasteiger partial charge in [0.05, 0.1) is 5.69 Å². The fraction of sp³-hybridized carbons (Fsp3) is 0.444. The maximum atomic E-state index is 6.20. The lowest BCUT2D eigenvalue weighted by Crippen LogP contribution is -2.26. The molecule has 0 aliphatic heterocycles. The quantitative estimate of drug-likeness (QED) is 0.196. The number of rotatable bonds is 12. The van der Waals surface area contributed by atoms with E-state index in [4.69, 9.17) is 11.6 Å². The number of benzene rings is 1. The summed E-state index contributed by atoms with van der Waals surface area (Å²) < 4.78 is 4.18. The molecule has 0 amide bonds. The van der Waals surface area contributed by atoms with Crippen LogP contribution in [0.2, 0.25) is 5.28 Å². The first-order valence-electron chi connectivity index (χ1n) is 12.8. The molecule has 3 aromatic heterocycles. The van der Waals surface area contributed by atoms with Crippen LogP contribution in [-0.4, -0.2) is 56.2 Å². The van der Waals surface area contributed by atoms with E-state index in [1.807, 2.05) is 28.8 Å². The average Bonchev–Trinajstić information content (AvgIpc) is 3.64. The van der Waals surface area contributed by atoms with E-state index in [-0.39, 0.29) is 5.28 Å². The highest BCUT2D eigenvalue weighted by Crippen LogP contribution is 2.39. The molecule has 1 aliphatic rings. The van der Waals surface area contributed by atoms with Gasteiger partial charge in [-0.25, -0.2) is 9.07 Å². The molecule has 2 N–H and O–H groups in total. The lowest BCUT2D eigenvalue weighted by atomic mass is 10.1. The Kier molecular flexibility index (Phi) is 8.59. The molecule has 0 radical (unpaired) electrons. The minimum atomic E-state index is 0.289. The van der Waals surface area contributed by atoms with Crippen molar-refractivity contribution >= 4 is 34.6 Å². The second-order valence-corrected chi connectivity index (χ2v) is 10.6. The lowest BCUT2D eigenvalue weighted by Gasteiger charge is -2.15. The lowest BCUT2D eigenvalue weighted by molar-refractivity contribution is 0.452. The Labute approximate surface area is 222 Å². The highest BCUT2D eigenvalue weighted by molar-refractivity contribution is 7.97. The van der Waals surface area contributed by atoms with E-state index in [1.54, 1.807) is 11.9 Å². The predicted molar refractivity (Wildman–Crippen MR) is 150 cm³/mol. The zero-order valence-electron chi connectivity index (χ0n) is 20.7. The summed E-state index contributed by atoms with van der Waals surface area (Å²) in [6.45, 7) is 4.21. The first-order chi connectivity index (χ1) is 17.7. The van der Waals surface area contributed by atoms with Gasteiger partial charge in [0.2, 0.25) is 5.28 Å². The molecule has 2 atom stereocenters. The summed E-state index contributed by atoms with van der Waals surface area (Å²) in [5, 5.41) is 13.2. The van der Waals surface area contributed by atoms with Crippen molar-refractivity contribution < 1.29 is 0 Å². The van der Waals surface area contributed by atoms with E-state index in [9.17, 15) is 0 Å². The fourth-order valence-electron chi connectivity index (χ4n) is 5.18. The molecule has 1 aliphatic carbocycles. The first kappa shape index (κ1) is 25.3. The second-order valence-electron chi connectivity index (χ2n) is 9.49. The van der Waals surface area contributed by atoms with Gasteiger partial charge in [-0.15, -0.1) is 0 Å². The van der Waals surface area contributed by atoms with E-state index in [1.165, 1.54) is 12.0 Å². The van der Waals surface area contributed by atoms with Crippen molar-refractivity contribution in [3.63, 3.8) is 0 Å². The van der Waals surface area contributed by atoms with E-state index < -0.39 is 0 Å². The fourth-order valence-corrected chi connectivity index (χ4v) is 5.66. The monoisotopic (exact) mass is 523 g/mol. The molecule has 5 rings (SSSR count). The summed E-state index contributed by atoms with van der Waals surface area (Å²) in [6, 6.07) is 13.1. The molecule has 4 aromatic rings. The molecule has 36 heavy (non-hydrogen) atoms. The van der Waals surface area contributed by atoms with Crippen LogP contribution in [0.25, 0.3) is 22.3 Å². The zero-order chi connectivity index (χ0) is 24.7. The normalized spacial score (nSPS) is 17.8. The summed E-state index contributed by atoms with van der Waals surface area (Å²) in [6.07, 6.45) is 13.8. The van der Waals surface area contributed by atoms with Crippen molar-refractivity contribution in [2.24, 2.45) is 5.92 Å². The molecular formula is C27H34ClN7S. The minimum absolute atomic E-state index is 0.289. The highest BCUT2D eigenvalue weighted by Gasteiger charge is 2.28. The predicted octanol–water partition coefficient (Wildman–Crippen LogP) is 5.23. The third-order valence-electron chi connectivity index (χ3n) is 7.05. The van der Waals surface area contributed by atoms with Crippen molar-refractivity contribution in [3.8, 4) is 11.3 Å². The van der Waals surface area contributed by atoms with Crippen LogP contribution in [-0.2, 0) is 6.42 Å². The van der Waals surface area contributed by atoms with Gasteiger partial charge in [-0.05, 0) is 99.4 Å². The van der Waals surface area contributed by atoms with Crippen LogP contribution in [0.5, 0.6) is 0 Å². The Morgan fingerprint density at radius 2 is 1.94 bits per heavy atom. The zero-order valence-corrected chi connectivity index (χ0v) is 22.3. The number of nitrogens with zero attached hydrogens (tertiary/aromatic N) is 5. The van der Waals surface area contributed by atoms with Crippen molar-refractivity contribution in [1.29, 1.82) is 0 Å². The van der Waals surface area contributed by atoms with Crippen LogP contribution >= 0.6 is 23.5 Å². The molecule has 1 aromatic carbocycles. The van der Waals surface area contributed by atoms with Crippen LogP contribution in [0, 0.1) is 5.92 Å². The van der Waals surface area contributed by atoms with Gasteiger partial charge in [0.15, 0.2) is 0 Å². The van der Waals surface area contributed by atoms with Gasteiger partial charge in [-0.2, -0.15) is 10.1 Å². The number of fused-ring (bicyclic) bond motifs is 1. The molecule has 7 nitrogen and oxygen atoms in total. The molecule has 0 bridgehead atoms. The van der Waals surface area contributed by atoms with Crippen LogP contribution < -0.4 is 10.6 Å². The summed E-state index contributed by atoms with van der Waals surface area (Å²) >= 11 is 7.77. The Morgan fingerprint density at radius 3 is 2.78 bits per heavy atom. The van der Waals surface area contributed by atoms with E-state index >= 15 is 0 Å². The molecule has 0 unspecified atom stereocenters. The smallest absolute Gasteiger partial charge is 0.224 e. The minimum Gasteiger partial charge on any atom is -0.329 e. The van der Waals surface area contributed by atoms with Crippen LogP contribution in [0.4, 0.5) is 0 Å². The Morgan fingerprint density at radius 1 is 1.08 bits per heavy atom. The van der Waals surface area contributed by atoms with Gasteiger partial charge in [-0.3, -0.25) is 0 Å². The summed E-state index contributed by atoms with van der Waals surface area (Å²) in [4.78, 5) is 8.86. The Hall–Kier alpha value is -2.39. The number of hydrogen-bond donors (Lipinski definition) is 2. The second kappa shape index (κ2) is 12.2. The van der Waals surface area contributed by atoms with Crippen molar-refractivity contribution in [2.75, 3.05) is 32.4 Å². The number of hydrogen-bond acceptors (Lipinski definition) is 6.